The van der Waals surface area contributed by atoms with Crippen LogP contribution in [0.25, 0.3) is 0 Å². The first-order valence-electron chi connectivity index (χ1n) is 7.31. The molecule has 0 aliphatic carbocycles. The molecule has 5 heteroatoms. The lowest BCUT2D eigenvalue weighted by molar-refractivity contribution is 0.134. The molecule has 0 aliphatic heterocycles. The molecule has 2 rings (SSSR count). The minimum atomic E-state index is -0.350. The van der Waals surface area contributed by atoms with Gasteiger partial charge in [0.15, 0.2) is 0 Å². The molecule has 0 saturated carbocycles. The zero-order valence-electron chi connectivity index (χ0n) is 12.8. The topological polar surface area (TPSA) is 34.1 Å². The van der Waals surface area contributed by atoms with Gasteiger partial charge in [0, 0.05) is 19.2 Å². The number of hydrogen-bond donors (Lipinski definition) is 1. The SMILES string of the molecule is CCOCc1ccc(CNC(C)c2nc(Cl)ccc2F)cc1. The number of ether oxygens (including phenoxy) is 1. The molecular formula is C17H20ClFN2O. The minimum absolute atomic E-state index is 0.221. The second-order valence-electron chi connectivity index (χ2n) is 5.06. The molecular weight excluding hydrogens is 303 g/mol. The summed E-state index contributed by atoms with van der Waals surface area (Å²) in [6.45, 7) is 5.80. The van der Waals surface area contributed by atoms with Crippen molar-refractivity contribution in [1.29, 1.82) is 0 Å². The van der Waals surface area contributed by atoms with E-state index in [4.69, 9.17) is 16.3 Å². The summed E-state index contributed by atoms with van der Waals surface area (Å²) in [6.07, 6.45) is 0. The fourth-order valence-corrected chi connectivity index (χ4v) is 2.23. The Kier molecular flexibility index (Phi) is 6.31. The van der Waals surface area contributed by atoms with Crippen LogP contribution in [0.1, 0.15) is 36.7 Å². The Hall–Kier alpha value is -1.49. The van der Waals surface area contributed by atoms with Crippen LogP contribution >= 0.6 is 11.6 Å². The summed E-state index contributed by atoms with van der Waals surface area (Å²) in [7, 11) is 0. The molecule has 0 spiro atoms. The van der Waals surface area contributed by atoms with Crippen LogP contribution in [0.3, 0.4) is 0 Å². The summed E-state index contributed by atoms with van der Waals surface area (Å²) in [5.74, 6) is -0.350. The predicted octanol–water partition coefficient (Wildman–Crippen LogP) is 4.26. The fourth-order valence-electron chi connectivity index (χ4n) is 2.08. The maximum Gasteiger partial charge on any atom is 0.146 e. The summed E-state index contributed by atoms with van der Waals surface area (Å²) in [5.41, 5.74) is 2.59. The van der Waals surface area contributed by atoms with Crippen LogP contribution in [0.4, 0.5) is 4.39 Å². The lowest BCUT2D eigenvalue weighted by Crippen LogP contribution is -2.20. The van der Waals surface area contributed by atoms with Crippen molar-refractivity contribution in [2.24, 2.45) is 0 Å². The van der Waals surface area contributed by atoms with Gasteiger partial charge < -0.3 is 10.1 Å². The highest BCUT2D eigenvalue weighted by Crippen LogP contribution is 2.17. The van der Waals surface area contributed by atoms with Gasteiger partial charge in [-0.05, 0) is 37.1 Å². The van der Waals surface area contributed by atoms with E-state index in [9.17, 15) is 4.39 Å². The number of pyridine rings is 1. The quantitative estimate of drug-likeness (QED) is 0.773. The number of hydrogen-bond acceptors (Lipinski definition) is 3. The first-order chi connectivity index (χ1) is 10.6. The molecule has 1 N–H and O–H groups in total. The number of nitrogens with one attached hydrogen (secondary N) is 1. The number of benzene rings is 1. The Labute approximate surface area is 135 Å². The summed E-state index contributed by atoms with van der Waals surface area (Å²) >= 11 is 5.82. The highest BCUT2D eigenvalue weighted by atomic mass is 35.5. The number of nitrogens with zero attached hydrogens (tertiary/aromatic N) is 1. The molecule has 3 nitrogen and oxygen atoms in total. The normalized spacial score (nSPS) is 12.4. The highest BCUT2D eigenvalue weighted by molar-refractivity contribution is 6.29. The van der Waals surface area contributed by atoms with Crippen molar-refractivity contribution in [3.8, 4) is 0 Å². The average Bonchev–Trinajstić information content (AvgIpc) is 2.54. The Morgan fingerprint density at radius 2 is 1.86 bits per heavy atom. The number of rotatable bonds is 7. The van der Waals surface area contributed by atoms with Gasteiger partial charge in [-0.25, -0.2) is 9.37 Å². The Morgan fingerprint density at radius 1 is 1.18 bits per heavy atom. The molecule has 1 unspecified atom stereocenters. The molecule has 0 amide bonds. The van der Waals surface area contributed by atoms with Gasteiger partial charge in [-0.1, -0.05) is 35.9 Å². The molecule has 118 valence electrons. The first kappa shape index (κ1) is 16.9. The molecule has 0 bridgehead atoms. The zero-order chi connectivity index (χ0) is 15.9. The third-order valence-electron chi connectivity index (χ3n) is 3.36. The second kappa shape index (κ2) is 8.22. The molecule has 0 saturated heterocycles. The van der Waals surface area contributed by atoms with Gasteiger partial charge >= 0.3 is 0 Å². The van der Waals surface area contributed by atoms with E-state index in [0.717, 1.165) is 11.1 Å². The van der Waals surface area contributed by atoms with Crippen LogP contribution in [0.15, 0.2) is 36.4 Å². The van der Waals surface area contributed by atoms with E-state index in [1.807, 2.05) is 38.1 Å². The minimum Gasteiger partial charge on any atom is -0.377 e. The maximum absolute atomic E-state index is 13.7. The van der Waals surface area contributed by atoms with Gasteiger partial charge in [0.1, 0.15) is 11.0 Å². The first-order valence-corrected chi connectivity index (χ1v) is 7.69. The Morgan fingerprint density at radius 3 is 2.55 bits per heavy atom. The Bertz CT molecular complexity index is 604. The standard InChI is InChI=1S/C17H20ClFN2O/c1-3-22-11-14-6-4-13(5-7-14)10-20-12(2)17-15(19)8-9-16(18)21-17/h4-9,12,20H,3,10-11H2,1-2H3. The molecule has 2 aromatic rings. The van der Waals surface area contributed by atoms with Gasteiger partial charge in [0.25, 0.3) is 0 Å². The lowest BCUT2D eigenvalue weighted by Gasteiger charge is -2.14. The van der Waals surface area contributed by atoms with Gasteiger partial charge in [-0.3, -0.25) is 0 Å². The smallest absolute Gasteiger partial charge is 0.146 e. The van der Waals surface area contributed by atoms with E-state index in [1.165, 1.54) is 12.1 Å². The third-order valence-corrected chi connectivity index (χ3v) is 3.57. The number of aromatic nitrogens is 1. The molecule has 0 aliphatic rings. The van der Waals surface area contributed by atoms with E-state index in [0.29, 0.717) is 30.6 Å². The van der Waals surface area contributed by atoms with E-state index >= 15 is 0 Å². The second-order valence-corrected chi connectivity index (χ2v) is 5.44. The molecule has 0 radical (unpaired) electrons. The largest absolute Gasteiger partial charge is 0.377 e. The summed E-state index contributed by atoms with van der Waals surface area (Å²) in [4.78, 5) is 4.04. The monoisotopic (exact) mass is 322 g/mol. The van der Waals surface area contributed by atoms with Crippen molar-refractivity contribution in [3.05, 3.63) is 64.2 Å². The molecule has 1 atom stereocenters. The van der Waals surface area contributed by atoms with Gasteiger partial charge in [-0.2, -0.15) is 0 Å². The predicted molar refractivity (Wildman–Crippen MR) is 86.2 cm³/mol. The van der Waals surface area contributed by atoms with E-state index in [-0.39, 0.29) is 11.9 Å². The summed E-state index contributed by atoms with van der Waals surface area (Å²) in [6, 6.07) is 10.7. The van der Waals surface area contributed by atoms with Crippen LogP contribution < -0.4 is 5.32 Å². The van der Waals surface area contributed by atoms with Crippen molar-refractivity contribution >= 4 is 11.6 Å². The van der Waals surface area contributed by atoms with Crippen LogP contribution in [-0.4, -0.2) is 11.6 Å². The van der Waals surface area contributed by atoms with Crippen LogP contribution in [-0.2, 0) is 17.9 Å². The fraction of sp³-hybridized carbons (Fsp3) is 0.353. The molecule has 1 aromatic carbocycles. The third kappa shape index (κ3) is 4.77. The van der Waals surface area contributed by atoms with Crippen molar-refractivity contribution in [2.45, 2.75) is 33.0 Å². The van der Waals surface area contributed by atoms with Crippen molar-refractivity contribution < 1.29 is 9.13 Å². The lowest BCUT2D eigenvalue weighted by atomic mass is 10.1. The van der Waals surface area contributed by atoms with E-state index < -0.39 is 0 Å². The highest BCUT2D eigenvalue weighted by Gasteiger charge is 2.12. The molecule has 1 aromatic heterocycles. The Balaban J connectivity index is 1.93. The van der Waals surface area contributed by atoms with Crippen molar-refractivity contribution in [2.75, 3.05) is 6.61 Å². The number of halogens is 2. The van der Waals surface area contributed by atoms with Crippen molar-refractivity contribution in [1.82, 2.24) is 10.3 Å². The zero-order valence-corrected chi connectivity index (χ0v) is 13.5. The van der Waals surface area contributed by atoms with Gasteiger partial charge in [-0.15, -0.1) is 0 Å². The maximum atomic E-state index is 13.7. The molecule has 1 heterocycles. The van der Waals surface area contributed by atoms with Crippen LogP contribution in [0.5, 0.6) is 0 Å². The van der Waals surface area contributed by atoms with E-state index in [2.05, 4.69) is 10.3 Å². The molecule has 22 heavy (non-hydrogen) atoms. The molecule has 0 fully saturated rings. The van der Waals surface area contributed by atoms with Crippen molar-refractivity contribution in [3.63, 3.8) is 0 Å². The van der Waals surface area contributed by atoms with E-state index in [1.54, 1.807) is 0 Å². The average molecular weight is 323 g/mol. The van der Waals surface area contributed by atoms with Crippen LogP contribution in [0, 0.1) is 5.82 Å². The summed E-state index contributed by atoms with van der Waals surface area (Å²) < 4.78 is 19.1. The van der Waals surface area contributed by atoms with Gasteiger partial charge in [0.2, 0.25) is 0 Å². The van der Waals surface area contributed by atoms with Gasteiger partial charge in [0.05, 0.1) is 12.3 Å². The van der Waals surface area contributed by atoms with Crippen LogP contribution in [0.2, 0.25) is 5.15 Å². The summed E-state index contributed by atoms with van der Waals surface area (Å²) in [5, 5.41) is 3.55.